The number of aliphatic hydroxyl groups is 2. The normalized spacial score (nSPS) is 14.1. The average molecular weight is 490 g/mol. The molecule has 0 heterocycles. The average Bonchev–Trinajstić information content (AvgIpc) is 2.86. The van der Waals surface area contributed by atoms with Crippen molar-refractivity contribution in [2.24, 2.45) is 0 Å². The zero-order valence-electron chi connectivity index (χ0n) is 22.8. The fourth-order valence-corrected chi connectivity index (χ4v) is 3.80. The molecule has 0 rings (SSSR count). The van der Waals surface area contributed by atoms with Crippen LogP contribution >= 0.6 is 0 Å². The second kappa shape index (κ2) is 26.9. The summed E-state index contributed by atoms with van der Waals surface area (Å²) in [6.07, 6.45) is 34.7. The van der Waals surface area contributed by atoms with Crippen LogP contribution in [0.1, 0.15) is 123 Å². The molecule has 0 aliphatic carbocycles. The number of unbranched alkanes of at least 4 members (excludes halogenated alkanes) is 11. The highest BCUT2D eigenvalue weighted by Gasteiger charge is 2.17. The molecule has 202 valence electrons. The maximum absolute atomic E-state index is 12.2. The second-order valence-electron chi connectivity index (χ2n) is 9.41. The molecule has 0 aliphatic heterocycles. The molecule has 0 radical (unpaired) electrons. The van der Waals surface area contributed by atoms with Crippen LogP contribution in [-0.2, 0) is 4.79 Å². The van der Waals surface area contributed by atoms with E-state index in [2.05, 4.69) is 55.6 Å². The smallest absolute Gasteiger partial charge is 0.220 e. The largest absolute Gasteiger partial charge is 0.394 e. The number of hydrogen-bond donors (Lipinski definition) is 3. The summed E-state index contributed by atoms with van der Waals surface area (Å²) in [5.41, 5.74) is 0. The summed E-state index contributed by atoms with van der Waals surface area (Å²) in [6, 6.07) is -0.645. The van der Waals surface area contributed by atoms with Crippen molar-refractivity contribution in [1.29, 1.82) is 0 Å². The SMILES string of the molecule is CC/C=C/CC/C=C/CC/C=C/C(O)C(CO)NC(=O)CCCCCCC/C=C\CCCCCC. The van der Waals surface area contributed by atoms with Crippen LogP contribution in [0, 0.1) is 0 Å². The molecule has 0 aliphatic rings. The van der Waals surface area contributed by atoms with Gasteiger partial charge in [-0.05, 0) is 64.2 Å². The Kier molecular flexibility index (Phi) is 25.7. The molecule has 0 fully saturated rings. The summed E-state index contributed by atoms with van der Waals surface area (Å²) in [4.78, 5) is 12.2. The lowest BCUT2D eigenvalue weighted by molar-refractivity contribution is -0.123. The van der Waals surface area contributed by atoms with Crippen molar-refractivity contribution in [3.63, 3.8) is 0 Å². The monoisotopic (exact) mass is 489 g/mol. The molecule has 0 bridgehead atoms. The van der Waals surface area contributed by atoms with Crippen LogP contribution in [0.3, 0.4) is 0 Å². The third kappa shape index (κ3) is 23.8. The van der Waals surface area contributed by atoms with Crippen molar-refractivity contribution >= 4 is 5.91 Å². The van der Waals surface area contributed by atoms with Crippen LogP contribution in [0.2, 0.25) is 0 Å². The van der Waals surface area contributed by atoms with Gasteiger partial charge in [-0.1, -0.05) is 101 Å². The Morgan fingerprint density at radius 2 is 1.20 bits per heavy atom. The summed E-state index contributed by atoms with van der Waals surface area (Å²) in [7, 11) is 0. The van der Waals surface area contributed by atoms with E-state index in [0.29, 0.717) is 6.42 Å². The van der Waals surface area contributed by atoms with E-state index in [4.69, 9.17) is 0 Å². The number of carbonyl (C=O) groups is 1. The molecule has 4 nitrogen and oxygen atoms in total. The van der Waals surface area contributed by atoms with Gasteiger partial charge in [0.1, 0.15) is 0 Å². The van der Waals surface area contributed by atoms with Crippen molar-refractivity contribution in [3.05, 3.63) is 48.6 Å². The standard InChI is InChI=1S/C31H55NO3/c1-3-5-7-9-11-13-15-16-17-19-21-23-25-27-31(35)32-29(28-33)30(34)26-24-22-20-18-14-12-10-8-6-4-2/h6,8,13-15,18,24,26,29-30,33-34H,3-5,7,9-12,16-17,19-23,25,27-28H2,1-2H3,(H,32,35)/b8-6+,15-13-,18-14+,26-24+. The van der Waals surface area contributed by atoms with Gasteiger partial charge in [0.2, 0.25) is 5.91 Å². The summed E-state index contributed by atoms with van der Waals surface area (Å²) < 4.78 is 0. The van der Waals surface area contributed by atoms with Crippen molar-refractivity contribution in [2.45, 2.75) is 135 Å². The lowest BCUT2D eigenvalue weighted by atomic mass is 10.1. The first-order valence-electron chi connectivity index (χ1n) is 14.4. The van der Waals surface area contributed by atoms with Crippen molar-refractivity contribution in [3.8, 4) is 0 Å². The van der Waals surface area contributed by atoms with Gasteiger partial charge < -0.3 is 15.5 Å². The van der Waals surface area contributed by atoms with Gasteiger partial charge in [0.25, 0.3) is 0 Å². The lowest BCUT2D eigenvalue weighted by Crippen LogP contribution is -2.45. The molecule has 0 aromatic carbocycles. The molecule has 0 saturated carbocycles. The second-order valence-corrected chi connectivity index (χ2v) is 9.41. The predicted molar refractivity (Wildman–Crippen MR) is 151 cm³/mol. The predicted octanol–water partition coefficient (Wildman–Crippen LogP) is 7.72. The summed E-state index contributed by atoms with van der Waals surface area (Å²) in [5.74, 6) is -0.0948. The van der Waals surface area contributed by atoms with E-state index in [1.165, 1.54) is 44.9 Å². The zero-order chi connectivity index (χ0) is 25.8. The molecule has 1 amide bonds. The Labute approximate surface area is 216 Å². The van der Waals surface area contributed by atoms with Gasteiger partial charge in [-0.15, -0.1) is 0 Å². The number of rotatable bonds is 24. The van der Waals surface area contributed by atoms with E-state index >= 15 is 0 Å². The molecule has 0 aromatic heterocycles. The lowest BCUT2D eigenvalue weighted by Gasteiger charge is -2.19. The van der Waals surface area contributed by atoms with Gasteiger partial charge in [0.15, 0.2) is 0 Å². The molecule has 0 spiro atoms. The number of nitrogens with one attached hydrogen (secondary N) is 1. The quantitative estimate of drug-likeness (QED) is 0.0960. The summed E-state index contributed by atoms with van der Waals surface area (Å²) >= 11 is 0. The van der Waals surface area contributed by atoms with Crippen molar-refractivity contribution in [1.82, 2.24) is 5.32 Å². The third-order valence-corrected chi connectivity index (χ3v) is 6.02. The molecular weight excluding hydrogens is 434 g/mol. The molecule has 2 atom stereocenters. The van der Waals surface area contributed by atoms with Gasteiger partial charge in [-0.3, -0.25) is 4.79 Å². The topological polar surface area (TPSA) is 69.6 Å². The highest BCUT2D eigenvalue weighted by atomic mass is 16.3. The van der Waals surface area contributed by atoms with E-state index in [9.17, 15) is 15.0 Å². The molecule has 2 unspecified atom stereocenters. The zero-order valence-corrected chi connectivity index (χ0v) is 22.8. The van der Waals surface area contributed by atoms with Crippen LogP contribution in [0.4, 0.5) is 0 Å². The fraction of sp³-hybridized carbons (Fsp3) is 0.710. The Morgan fingerprint density at radius 1 is 0.686 bits per heavy atom. The number of carbonyl (C=O) groups excluding carboxylic acids is 1. The number of aliphatic hydroxyl groups excluding tert-OH is 2. The van der Waals surface area contributed by atoms with Crippen LogP contribution < -0.4 is 5.32 Å². The van der Waals surface area contributed by atoms with Gasteiger partial charge in [0.05, 0.1) is 18.8 Å². The maximum atomic E-state index is 12.2. The Balaban J connectivity index is 3.79. The van der Waals surface area contributed by atoms with Gasteiger partial charge >= 0.3 is 0 Å². The fourth-order valence-electron chi connectivity index (χ4n) is 3.80. The molecule has 0 saturated heterocycles. The number of amides is 1. The van der Waals surface area contributed by atoms with Crippen LogP contribution in [-0.4, -0.2) is 34.9 Å². The molecule has 35 heavy (non-hydrogen) atoms. The Hall–Kier alpha value is -1.65. The first kappa shape index (κ1) is 33.4. The Bertz CT molecular complexity index is 580. The minimum atomic E-state index is -0.869. The van der Waals surface area contributed by atoms with Gasteiger partial charge in [-0.2, -0.15) is 0 Å². The number of hydrogen-bond acceptors (Lipinski definition) is 3. The summed E-state index contributed by atoms with van der Waals surface area (Å²) in [6.45, 7) is 4.11. The molecular formula is C31H55NO3. The van der Waals surface area contributed by atoms with E-state index in [1.807, 2.05) is 6.08 Å². The van der Waals surface area contributed by atoms with Crippen molar-refractivity contribution in [2.75, 3.05) is 6.61 Å². The van der Waals surface area contributed by atoms with Crippen LogP contribution in [0.25, 0.3) is 0 Å². The Morgan fingerprint density at radius 3 is 1.80 bits per heavy atom. The van der Waals surface area contributed by atoms with Crippen LogP contribution in [0.5, 0.6) is 0 Å². The minimum absolute atomic E-state index is 0.0948. The summed E-state index contributed by atoms with van der Waals surface area (Å²) in [5, 5.41) is 22.6. The van der Waals surface area contributed by atoms with E-state index in [0.717, 1.165) is 57.8 Å². The first-order valence-corrected chi connectivity index (χ1v) is 14.4. The minimum Gasteiger partial charge on any atom is -0.394 e. The van der Waals surface area contributed by atoms with E-state index < -0.39 is 12.1 Å². The van der Waals surface area contributed by atoms with Gasteiger partial charge in [0, 0.05) is 6.42 Å². The first-order chi connectivity index (χ1) is 17.2. The van der Waals surface area contributed by atoms with Gasteiger partial charge in [-0.25, -0.2) is 0 Å². The maximum Gasteiger partial charge on any atom is 0.220 e. The highest BCUT2D eigenvalue weighted by Crippen LogP contribution is 2.09. The van der Waals surface area contributed by atoms with Crippen molar-refractivity contribution < 1.29 is 15.0 Å². The molecule has 0 aromatic rings. The highest BCUT2D eigenvalue weighted by molar-refractivity contribution is 5.76. The van der Waals surface area contributed by atoms with E-state index in [1.54, 1.807) is 6.08 Å². The van der Waals surface area contributed by atoms with E-state index in [-0.39, 0.29) is 12.5 Å². The molecule has 3 N–H and O–H groups in total. The molecule has 4 heteroatoms. The number of allylic oxidation sites excluding steroid dienone is 7. The van der Waals surface area contributed by atoms with Crippen LogP contribution in [0.15, 0.2) is 48.6 Å². The third-order valence-electron chi connectivity index (χ3n) is 6.02.